The maximum atomic E-state index is 12.2. The Kier molecular flexibility index (Phi) is 4.78. The SMILES string of the molecule is CCC1C=CCN1C(=O)CC(=O)Nc1cccc(C)c1C. The summed E-state index contributed by atoms with van der Waals surface area (Å²) < 4.78 is 0. The molecule has 4 heteroatoms. The molecule has 1 aromatic carbocycles. The van der Waals surface area contributed by atoms with Gasteiger partial charge < -0.3 is 10.2 Å². The first-order valence-corrected chi connectivity index (χ1v) is 7.35. The molecule has 21 heavy (non-hydrogen) atoms. The molecular formula is C17H22N2O2. The summed E-state index contributed by atoms with van der Waals surface area (Å²) in [6, 6.07) is 5.89. The topological polar surface area (TPSA) is 49.4 Å². The largest absolute Gasteiger partial charge is 0.332 e. The van der Waals surface area contributed by atoms with Crippen LogP contribution in [-0.2, 0) is 9.59 Å². The van der Waals surface area contributed by atoms with Gasteiger partial charge in [-0.2, -0.15) is 0 Å². The van der Waals surface area contributed by atoms with Crippen LogP contribution in [0.4, 0.5) is 5.69 Å². The van der Waals surface area contributed by atoms with Crippen molar-refractivity contribution in [1.29, 1.82) is 0 Å². The predicted octanol–water partition coefficient (Wildman–Crippen LogP) is 2.81. The first kappa shape index (κ1) is 15.3. The van der Waals surface area contributed by atoms with Gasteiger partial charge in [-0.1, -0.05) is 31.2 Å². The third kappa shape index (κ3) is 3.51. The summed E-state index contributed by atoms with van der Waals surface area (Å²) in [7, 11) is 0. The van der Waals surface area contributed by atoms with Gasteiger partial charge in [0.25, 0.3) is 0 Å². The van der Waals surface area contributed by atoms with Gasteiger partial charge in [0.05, 0.1) is 6.04 Å². The molecule has 2 rings (SSSR count). The Bertz CT molecular complexity index is 578. The van der Waals surface area contributed by atoms with Crippen molar-refractivity contribution in [2.24, 2.45) is 0 Å². The molecule has 1 N–H and O–H groups in total. The van der Waals surface area contributed by atoms with Crippen LogP contribution < -0.4 is 5.32 Å². The number of carbonyl (C=O) groups is 2. The van der Waals surface area contributed by atoms with Crippen LogP contribution in [0.5, 0.6) is 0 Å². The second-order valence-electron chi connectivity index (χ2n) is 5.42. The number of aryl methyl sites for hydroxylation is 1. The fourth-order valence-electron chi connectivity index (χ4n) is 2.53. The fraction of sp³-hybridized carbons (Fsp3) is 0.412. The van der Waals surface area contributed by atoms with Crippen LogP contribution in [0.1, 0.15) is 30.9 Å². The highest BCUT2D eigenvalue weighted by Crippen LogP contribution is 2.19. The molecule has 0 bridgehead atoms. The van der Waals surface area contributed by atoms with E-state index in [2.05, 4.69) is 5.32 Å². The number of nitrogens with zero attached hydrogens (tertiary/aromatic N) is 1. The summed E-state index contributed by atoms with van der Waals surface area (Å²) in [4.78, 5) is 26.0. The van der Waals surface area contributed by atoms with Crippen LogP contribution in [0.3, 0.4) is 0 Å². The summed E-state index contributed by atoms with van der Waals surface area (Å²) in [5.41, 5.74) is 2.93. The van der Waals surface area contributed by atoms with E-state index >= 15 is 0 Å². The monoisotopic (exact) mass is 286 g/mol. The Labute approximate surface area is 125 Å². The van der Waals surface area contributed by atoms with E-state index in [1.165, 1.54) is 0 Å². The van der Waals surface area contributed by atoms with Gasteiger partial charge in [0.2, 0.25) is 11.8 Å². The number of benzene rings is 1. The summed E-state index contributed by atoms with van der Waals surface area (Å²) in [5, 5.41) is 2.83. The van der Waals surface area contributed by atoms with E-state index in [0.29, 0.717) is 6.54 Å². The molecule has 0 radical (unpaired) electrons. The van der Waals surface area contributed by atoms with Gasteiger partial charge in [0.1, 0.15) is 6.42 Å². The van der Waals surface area contributed by atoms with Crippen molar-refractivity contribution in [3.63, 3.8) is 0 Å². The van der Waals surface area contributed by atoms with Gasteiger partial charge >= 0.3 is 0 Å². The zero-order chi connectivity index (χ0) is 15.4. The minimum Gasteiger partial charge on any atom is -0.332 e. The van der Waals surface area contributed by atoms with E-state index in [1.807, 2.05) is 51.1 Å². The Morgan fingerprint density at radius 1 is 1.33 bits per heavy atom. The molecule has 1 atom stereocenters. The number of hydrogen-bond acceptors (Lipinski definition) is 2. The van der Waals surface area contributed by atoms with Crippen LogP contribution >= 0.6 is 0 Å². The maximum Gasteiger partial charge on any atom is 0.233 e. The van der Waals surface area contributed by atoms with E-state index < -0.39 is 0 Å². The van der Waals surface area contributed by atoms with Crippen LogP contribution in [0, 0.1) is 13.8 Å². The zero-order valence-electron chi connectivity index (χ0n) is 12.8. The number of amides is 2. The van der Waals surface area contributed by atoms with Crippen molar-refractivity contribution in [3.8, 4) is 0 Å². The highest BCUT2D eigenvalue weighted by Gasteiger charge is 2.24. The third-order valence-corrected chi connectivity index (χ3v) is 3.99. The molecule has 0 saturated carbocycles. The molecule has 0 spiro atoms. The predicted molar refractivity (Wildman–Crippen MR) is 84.1 cm³/mol. The molecule has 1 aliphatic rings. The van der Waals surface area contributed by atoms with E-state index in [0.717, 1.165) is 23.2 Å². The van der Waals surface area contributed by atoms with Gasteiger partial charge in [-0.25, -0.2) is 0 Å². The minimum atomic E-state index is -0.254. The standard InChI is InChI=1S/C17H22N2O2/c1-4-14-8-6-10-19(14)17(21)11-16(20)18-15-9-5-7-12(2)13(15)3/h5-9,14H,4,10-11H2,1-3H3,(H,18,20). The van der Waals surface area contributed by atoms with Gasteiger partial charge in [-0.05, 0) is 37.5 Å². The lowest BCUT2D eigenvalue weighted by Crippen LogP contribution is -2.37. The third-order valence-electron chi connectivity index (χ3n) is 3.99. The molecule has 0 fully saturated rings. The summed E-state index contributed by atoms with van der Waals surface area (Å²) in [5.74, 6) is -0.370. The van der Waals surface area contributed by atoms with Crippen molar-refractivity contribution in [1.82, 2.24) is 4.90 Å². The molecule has 1 unspecified atom stereocenters. The van der Waals surface area contributed by atoms with Crippen molar-refractivity contribution >= 4 is 17.5 Å². The summed E-state index contributed by atoms with van der Waals surface area (Å²) in [6.07, 6.45) is 4.78. The van der Waals surface area contributed by atoms with Gasteiger partial charge in [-0.3, -0.25) is 9.59 Å². The second-order valence-corrected chi connectivity index (χ2v) is 5.42. The van der Waals surface area contributed by atoms with E-state index in [9.17, 15) is 9.59 Å². The van der Waals surface area contributed by atoms with Crippen molar-refractivity contribution in [2.45, 2.75) is 39.7 Å². The number of hydrogen-bond donors (Lipinski definition) is 1. The molecule has 0 saturated heterocycles. The van der Waals surface area contributed by atoms with E-state index in [-0.39, 0.29) is 24.3 Å². The van der Waals surface area contributed by atoms with Crippen molar-refractivity contribution in [2.75, 3.05) is 11.9 Å². The zero-order valence-corrected chi connectivity index (χ0v) is 12.8. The smallest absolute Gasteiger partial charge is 0.233 e. The molecule has 1 heterocycles. The average Bonchev–Trinajstić information content (AvgIpc) is 2.92. The molecule has 1 aromatic rings. The van der Waals surface area contributed by atoms with E-state index in [4.69, 9.17) is 0 Å². The molecule has 0 aliphatic carbocycles. The fourth-order valence-corrected chi connectivity index (χ4v) is 2.53. The first-order valence-electron chi connectivity index (χ1n) is 7.35. The maximum absolute atomic E-state index is 12.2. The number of rotatable bonds is 4. The molecular weight excluding hydrogens is 264 g/mol. The Morgan fingerprint density at radius 2 is 2.10 bits per heavy atom. The highest BCUT2D eigenvalue weighted by atomic mass is 16.2. The Morgan fingerprint density at radius 3 is 2.81 bits per heavy atom. The summed E-state index contributed by atoms with van der Waals surface area (Å²) >= 11 is 0. The molecule has 112 valence electrons. The molecule has 2 amide bonds. The van der Waals surface area contributed by atoms with Crippen LogP contribution in [0.25, 0.3) is 0 Å². The summed E-state index contributed by atoms with van der Waals surface area (Å²) in [6.45, 7) is 6.60. The van der Waals surface area contributed by atoms with Crippen LogP contribution in [-0.4, -0.2) is 29.3 Å². The van der Waals surface area contributed by atoms with Gasteiger partial charge in [-0.15, -0.1) is 0 Å². The minimum absolute atomic E-state index is 0.106. The molecule has 1 aliphatic heterocycles. The number of carbonyl (C=O) groups excluding carboxylic acids is 2. The van der Waals surface area contributed by atoms with E-state index in [1.54, 1.807) is 4.90 Å². The number of nitrogens with one attached hydrogen (secondary N) is 1. The average molecular weight is 286 g/mol. The molecule has 0 aromatic heterocycles. The second kappa shape index (κ2) is 6.57. The normalized spacial score (nSPS) is 17.1. The number of anilines is 1. The van der Waals surface area contributed by atoms with Crippen molar-refractivity contribution < 1.29 is 9.59 Å². The molecule has 4 nitrogen and oxygen atoms in total. The Hall–Kier alpha value is -2.10. The quantitative estimate of drug-likeness (QED) is 0.683. The van der Waals surface area contributed by atoms with Crippen LogP contribution in [0.2, 0.25) is 0 Å². The van der Waals surface area contributed by atoms with Gasteiger partial charge in [0, 0.05) is 12.2 Å². The lowest BCUT2D eigenvalue weighted by Gasteiger charge is -2.23. The lowest BCUT2D eigenvalue weighted by molar-refractivity contribution is -0.134. The van der Waals surface area contributed by atoms with Crippen molar-refractivity contribution in [3.05, 3.63) is 41.5 Å². The Balaban J connectivity index is 1.96. The van der Waals surface area contributed by atoms with Crippen LogP contribution in [0.15, 0.2) is 30.4 Å². The first-order chi connectivity index (χ1) is 10.0. The van der Waals surface area contributed by atoms with Gasteiger partial charge in [0.15, 0.2) is 0 Å². The lowest BCUT2D eigenvalue weighted by atomic mass is 10.1. The highest BCUT2D eigenvalue weighted by molar-refractivity contribution is 6.04.